The van der Waals surface area contributed by atoms with Crippen LogP contribution in [0.15, 0.2) is 0 Å². The van der Waals surface area contributed by atoms with Crippen molar-refractivity contribution >= 4 is 162 Å². The molecule has 14 heavy (non-hydrogen) atoms. The Labute approximate surface area is 203 Å². The second-order valence-electron chi connectivity index (χ2n) is 0.986. The largest absolute Gasteiger partial charge is 2.00 e. The fourth-order valence-electron chi connectivity index (χ4n) is 0.163. The first-order valence-corrected chi connectivity index (χ1v) is 1.88. The molecule has 0 amide bonds. The predicted molar refractivity (Wildman–Crippen MR) is 55.5 cm³/mol. The molecule has 0 aromatic heterocycles. The third-order valence-electron chi connectivity index (χ3n) is 0.341. The van der Waals surface area contributed by atoms with E-state index in [0.29, 0.717) is 0 Å². The van der Waals surface area contributed by atoms with Gasteiger partial charge in [0.05, 0.1) is 0 Å². The number of carbonyl (C=O) groups excluding carboxylic acids is 1. The fourth-order valence-corrected chi connectivity index (χ4v) is 0.163. The predicted octanol–water partition coefficient (Wildman–Crippen LogP) is -0.128. The van der Waals surface area contributed by atoms with Gasteiger partial charge in [-0.2, -0.15) is 0 Å². The summed E-state index contributed by atoms with van der Waals surface area (Å²) < 4.78 is 6.47. The summed E-state index contributed by atoms with van der Waals surface area (Å²) in [4.78, 5) is 28.8. The van der Waals surface area contributed by atoms with Crippen LogP contribution in [0.1, 0.15) is 11.4 Å². The molecule has 0 saturated carbocycles. The van der Waals surface area contributed by atoms with Gasteiger partial charge in [-0.25, -0.2) is 14.4 Å². The Morgan fingerprint density at radius 2 is 1.07 bits per heavy atom. The van der Waals surface area contributed by atoms with Crippen LogP contribution in [0.3, 0.4) is 0 Å². The minimum absolute atomic E-state index is 0. The van der Waals surface area contributed by atoms with Crippen LogP contribution in [0.25, 0.3) is 0 Å². The van der Waals surface area contributed by atoms with Crippen LogP contribution in [0.2, 0.25) is 0 Å². The van der Waals surface area contributed by atoms with Gasteiger partial charge in [-0.1, -0.05) is 0 Å². The first-order valence-electron chi connectivity index (χ1n) is 1.88. The van der Waals surface area contributed by atoms with Crippen LogP contribution in [0.5, 0.6) is 0 Å². The van der Waals surface area contributed by atoms with Crippen LogP contribution >= 0.6 is 0 Å². The van der Waals surface area contributed by atoms with Gasteiger partial charge in [-0.3, -0.25) is 0 Å². The van der Waals surface area contributed by atoms with Crippen molar-refractivity contribution in [1.82, 2.24) is 0 Å². The van der Waals surface area contributed by atoms with Crippen LogP contribution in [-0.2, 0) is 9.47 Å². The van der Waals surface area contributed by atoms with Crippen molar-refractivity contribution in [2.24, 2.45) is 0 Å². The minimum Gasteiger partial charge on any atom is -1.00 e. The molecule has 0 fully saturated rings. The topological polar surface area (TPSA) is 110 Å². The van der Waals surface area contributed by atoms with Crippen molar-refractivity contribution < 1.29 is 45.5 Å². The van der Waals surface area contributed by atoms with Gasteiger partial charge in [-0.05, 0) is 0 Å². The SMILES string of the molecule is O=C(O)OC(=O)OC(=O)O.[Ba+2].[Ba+2].[H-].[H-].[H-].[H-].[H-].[H-].[H-].[H-].[Mg+2].[Mg+2]. The molecule has 0 aromatic carbocycles. The second kappa shape index (κ2) is 18.3. The average Bonchev–Trinajstić information content (AvgIpc) is 1.58. The van der Waals surface area contributed by atoms with E-state index in [1.807, 2.05) is 0 Å². The zero-order valence-electron chi connectivity index (χ0n) is 15.3. The maximum atomic E-state index is 9.86. The van der Waals surface area contributed by atoms with Gasteiger partial charge in [0.15, 0.2) is 0 Å². The number of carbonyl (C=O) groups is 3. The van der Waals surface area contributed by atoms with E-state index in [2.05, 4.69) is 9.47 Å². The van der Waals surface area contributed by atoms with Crippen LogP contribution in [-0.4, -0.2) is 173 Å². The number of hydrogen-bond donors (Lipinski definition) is 2. The normalized spacial score (nSPS) is 5.71. The molecule has 0 aliphatic heterocycles. The van der Waals surface area contributed by atoms with Crippen molar-refractivity contribution in [2.45, 2.75) is 0 Å². The standard InChI is InChI=1S/C3H2O7.2Ba.2Mg.8H/c4-1(5)9-3(8)10-2(6)7;;;;;;;;;;;;/h(H,4,5)(H,6,7);;;;;;;;;;;;/q;4*+2;8*-1. The van der Waals surface area contributed by atoms with Gasteiger partial charge in [0.2, 0.25) is 0 Å². The van der Waals surface area contributed by atoms with Gasteiger partial charge in [-0.15, -0.1) is 0 Å². The monoisotopic (exact) mass is 482 g/mol. The molecule has 0 bridgehead atoms. The Morgan fingerprint density at radius 3 is 1.21 bits per heavy atom. The quantitative estimate of drug-likeness (QED) is 0.282. The molecule has 7 nitrogen and oxygen atoms in total. The zero-order chi connectivity index (χ0) is 8.15. The first kappa shape index (κ1) is 30.2. The molecule has 0 aromatic rings. The van der Waals surface area contributed by atoms with E-state index in [4.69, 9.17) is 10.2 Å². The second-order valence-corrected chi connectivity index (χ2v) is 0.986. The number of hydrogen-bond acceptors (Lipinski definition) is 5. The number of rotatable bonds is 0. The third-order valence-corrected chi connectivity index (χ3v) is 0.341. The molecule has 2 N–H and O–H groups in total. The molecule has 0 spiro atoms. The molecule has 0 rings (SSSR count). The summed E-state index contributed by atoms with van der Waals surface area (Å²) in [6, 6.07) is 0. The smallest absolute Gasteiger partial charge is 1.00 e. The first-order chi connectivity index (χ1) is 4.52. The molecule has 72 valence electrons. The van der Waals surface area contributed by atoms with Gasteiger partial charge >= 0.3 is 162 Å². The molecule has 0 unspecified atom stereocenters. The summed E-state index contributed by atoms with van der Waals surface area (Å²) in [6.45, 7) is 0. The average molecular weight is 481 g/mol. The Hall–Kier alpha value is 2.89. The Balaban J connectivity index is -0.00000000614. The zero-order valence-corrected chi connectivity index (χ0v) is 19.0. The van der Waals surface area contributed by atoms with E-state index in [-0.39, 0.29) is 155 Å². The molecule has 0 atom stereocenters. The number of carboxylic acid groups (broad SMARTS) is 2. The molecular weight excluding hydrogens is 471 g/mol. The van der Waals surface area contributed by atoms with Gasteiger partial charge in [0.1, 0.15) is 0 Å². The molecule has 0 saturated heterocycles. The van der Waals surface area contributed by atoms with E-state index < -0.39 is 18.5 Å². The minimum atomic E-state index is -1.92. The molecular formula is C3H10Ba2Mg2O7. The van der Waals surface area contributed by atoms with Gasteiger partial charge < -0.3 is 31.1 Å². The van der Waals surface area contributed by atoms with Crippen molar-refractivity contribution in [2.75, 3.05) is 0 Å². The summed E-state index contributed by atoms with van der Waals surface area (Å²) in [5.74, 6) is 0. The van der Waals surface area contributed by atoms with E-state index >= 15 is 0 Å². The van der Waals surface area contributed by atoms with Crippen molar-refractivity contribution in [3.05, 3.63) is 0 Å². The van der Waals surface area contributed by atoms with Gasteiger partial charge in [0.25, 0.3) is 0 Å². The maximum Gasteiger partial charge on any atom is 2.00 e. The Morgan fingerprint density at radius 1 is 0.857 bits per heavy atom. The van der Waals surface area contributed by atoms with Crippen LogP contribution in [0, 0.1) is 0 Å². The molecule has 0 radical (unpaired) electrons. The Kier molecular flexibility index (Phi) is 39.3. The van der Waals surface area contributed by atoms with Crippen LogP contribution in [0.4, 0.5) is 14.4 Å². The fraction of sp³-hybridized carbons (Fsp3) is 0. The van der Waals surface area contributed by atoms with Crippen molar-refractivity contribution in [1.29, 1.82) is 0 Å². The summed E-state index contributed by atoms with van der Waals surface area (Å²) in [5, 5.41) is 15.4. The Bertz CT molecular complexity index is 189. The summed E-state index contributed by atoms with van der Waals surface area (Å²) in [7, 11) is 0. The number of ether oxygens (including phenoxy) is 2. The maximum absolute atomic E-state index is 9.86. The van der Waals surface area contributed by atoms with E-state index in [0.717, 1.165) is 0 Å². The summed E-state index contributed by atoms with van der Waals surface area (Å²) in [5.41, 5.74) is 0. The van der Waals surface area contributed by atoms with Crippen molar-refractivity contribution in [3.8, 4) is 0 Å². The third kappa shape index (κ3) is 24.2. The summed E-state index contributed by atoms with van der Waals surface area (Å²) in [6.07, 6.45) is -5.64. The molecule has 0 aliphatic rings. The molecule has 0 aliphatic carbocycles. The van der Waals surface area contributed by atoms with Crippen molar-refractivity contribution in [3.63, 3.8) is 0 Å². The molecule has 0 heterocycles. The van der Waals surface area contributed by atoms with E-state index in [1.54, 1.807) is 0 Å². The van der Waals surface area contributed by atoms with Gasteiger partial charge in [0, 0.05) is 0 Å². The van der Waals surface area contributed by atoms with E-state index in [9.17, 15) is 14.4 Å². The molecule has 11 heteroatoms. The van der Waals surface area contributed by atoms with E-state index in [1.165, 1.54) is 0 Å². The summed E-state index contributed by atoms with van der Waals surface area (Å²) >= 11 is 0. The van der Waals surface area contributed by atoms with Crippen LogP contribution < -0.4 is 0 Å².